The second-order valence-corrected chi connectivity index (χ2v) is 8.32. The molecule has 1 unspecified atom stereocenters. The number of nitrogens with zero attached hydrogens (tertiary/aromatic N) is 2. The molecule has 1 aromatic rings. The standard InChI is InChI=1S/C16H24N2O2S2/c1-13-3-4-14(22-13)16-18(15(19)5-12-21-16)7-2-6-17-8-10-20-11-9-17/h3-4,16H,2,5-12H2,1H3. The van der Waals surface area contributed by atoms with Crippen LogP contribution in [-0.4, -0.2) is 60.9 Å². The van der Waals surface area contributed by atoms with Gasteiger partial charge in [0.2, 0.25) is 5.91 Å². The normalized spacial score (nSPS) is 24.0. The molecule has 0 N–H and O–H groups in total. The van der Waals surface area contributed by atoms with E-state index in [0.717, 1.165) is 51.6 Å². The van der Waals surface area contributed by atoms with Gasteiger partial charge in [0.1, 0.15) is 5.37 Å². The van der Waals surface area contributed by atoms with E-state index in [4.69, 9.17) is 4.74 Å². The Labute approximate surface area is 140 Å². The lowest BCUT2D eigenvalue weighted by molar-refractivity contribution is -0.132. The van der Waals surface area contributed by atoms with E-state index in [0.29, 0.717) is 12.3 Å². The van der Waals surface area contributed by atoms with Crippen molar-refractivity contribution in [2.24, 2.45) is 0 Å². The van der Waals surface area contributed by atoms with Gasteiger partial charge in [-0.25, -0.2) is 0 Å². The van der Waals surface area contributed by atoms with Crippen LogP contribution in [0.3, 0.4) is 0 Å². The summed E-state index contributed by atoms with van der Waals surface area (Å²) < 4.78 is 5.38. The SMILES string of the molecule is Cc1ccc(C2SCCC(=O)N2CCCN2CCOCC2)s1. The third-order valence-electron chi connectivity index (χ3n) is 4.18. The van der Waals surface area contributed by atoms with Crippen LogP contribution in [0.2, 0.25) is 0 Å². The van der Waals surface area contributed by atoms with Gasteiger partial charge in [-0.3, -0.25) is 9.69 Å². The third kappa shape index (κ3) is 4.04. The van der Waals surface area contributed by atoms with Crippen LogP contribution in [-0.2, 0) is 9.53 Å². The molecular formula is C16H24N2O2S2. The molecule has 6 heteroatoms. The summed E-state index contributed by atoms with van der Waals surface area (Å²) >= 11 is 3.73. The number of ether oxygens (including phenoxy) is 1. The predicted molar refractivity (Wildman–Crippen MR) is 92.5 cm³/mol. The zero-order valence-electron chi connectivity index (χ0n) is 13.1. The highest BCUT2D eigenvalue weighted by Gasteiger charge is 2.30. The fraction of sp³-hybridized carbons (Fsp3) is 0.688. The molecule has 1 aromatic heterocycles. The summed E-state index contributed by atoms with van der Waals surface area (Å²) in [7, 11) is 0. The van der Waals surface area contributed by atoms with Crippen molar-refractivity contribution >= 4 is 29.0 Å². The topological polar surface area (TPSA) is 32.8 Å². The van der Waals surface area contributed by atoms with E-state index in [1.165, 1.54) is 9.75 Å². The van der Waals surface area contributed by atoms with Crippen LogP contribution in [0.15, 0.2) is 12.1 Å². The first-order chi connectivity index (χ1) is 10.7. The molecule has 2 saturated heterocycles. The van der Waals surface area contributed by atoms with Crippen LogP contribution < -0.4 is 0 Å². The average molecular weight is 341 g/mol. The summed E-state index contributed by atoms with van der Waals surface area (Å²) in [5, 5.41) is 0.227. The van der Waals surface area contributed by atoms with Crippen molar-refractivity contribution < 1.29 is 9.53 Å². The van der Waals surface area contributed by atoms with Crippen LogP contribution in [0, 0.1) is 6.92 Å². The fourth-order valence-electron chi connectivity index (χ4n) is 2.98. The Bertz CT molecular complexity index is 500. The number of thioether (sulfide) groups is 1. The number of hydrogen-bond donors (Lipinski definition) is 0. The molecule has 1 atom stereocenters. The molecule has 3 rings (SSSR count). The van der Waals surface area contributed by atoms with Gasteiger partial charge in [0.05, 0.1) is 13.2 Å². The number of amides is 1. The smallest absolute Gasteiger partial charge is 0.224 e. The Hall–Kier alpha value is -0.560. The average Bonchev–Trinajstić information content (AvgIpc) is 2.96. The first kappa shape index (κ1) is 16.3. The van der Waals surface area contributed by atoms with Crippen molar-refractivity contribution in [1.29, 1.82) is 0 Å². The second-order valence-electron chi connectivity index (χ2n) is 5.82. The minimum absolute atomic E-state index is 0.227. The molecule has 2 aliphatic heterocycles. The molecule has 0 radical (unpaired) electrons. The Balaban J connectivity index is 1.57. The van der Waals surface area contributed by atoms with E-state index in [2.05, 4.69) is 28.9 Å². The van der Waals surface area contributed by atoms with Crippen LogP contribution in [0.1, 0.15) is 28.0 Å². The van der Waals surface area contributed by atoms with Crippen LogP contribution in [0.5, 0.6) is 0 Å². The van der Waals surface area contributed by atoms with Gasteiger partial charge in [-0.1, -0.05) is 0 Å². The molecule has 3 heterocycles. The van der Waals surface area contributed by atoms with Crippen LogP contribution in [0.4, 0.5) is 0 Å². The molecule has 22 heavy (non-hydrogen) atoms. The maximum absolute atomic E-state index is 12.4. The maximum atomic E-state index is 12.4. The summed E-state index contributed by atoms with van der Waals surface area (Å²) in [4.78, 5) is 19.5. The highest BCUT2D eigenvalue weighted by Crippen LogP contribution is 2.40. The summed E-state index contributed by atoms with van der Waals surface area (Å²) in [6.45, 7) is 7.79. The molecule has 0 aliphatic carbocycles. The monoisotopic (exact) mass is 340 g/mol. The number of hydrogen-bond acceptors (Lipinski definition) is 5. The lowest BCUT2D eigenvalue weighted by Crippen LogP contribution is -2.41. The Morgan fingerprint density at radius 1 is 1.27 bits per heavy atom. The minimum Gasteiger partial charge on any atom is -0.379 e. The van der Waals surface area contributed by atoms with E-state index in [1.807, 2.05) is 23.1 Å². The summed E-state index contributed by atoms with van der Waals surface area (Å²) in [6.07, 6.45) is 1.73. The Kier molecular flexibility index (Phi) is 5.79. The molecule has 1 amide bonds. The molecule has 0 bridgehead atoms. The number of thiophene rings is 1. The molecule has 0 spiro atoms. The van der Waals surface area contributed by atoms with Crippen molar-refractivity contribution in [2.45, 2.75) is 25.1 Å². The second kappa shape index (κ2) is 7.81. The highest BCUT2D eigenvalue weighted by molar-refractivity contribution is 7.99. The van der Waals surface area contributed by atoms with Crippen LogP contribution >= 0.6 is 23.1 Å². The van der Waals surface area contributed by atoms with Crippen molar-refractivity contribution in [1.82, 2.24) is 9.80 Å². The maximum Gasteiger partial charge on any atom is 0.224 e. The van der Waals surface area contributed by atoms with Crippen LogP contribution in [0.25, 0.3) is 0 Å². The first-order valence-corrected chi connectivity index (χ1v) is 9.88. The van der Waals surface area contributed by atoms with Gasteiger partial charge >= 0.3 is 0 Å². The predicted octanol–water partition coefficient (Wildman–Crippen LogP) is 2.74. The summed E-state index contributed by atoms with van der Waals surface area (Å²) in [5.41, 5.74) is 0. The van der Waals surface area contributed by atoms with Crippen molar-refractivity contribution in [3.8, 4) is 0 Å². The molecule has 4 nitrogen and oxygen atoms in total. The van der Waals surface area contributed by atoms with Crippen molar-refractivity contribution in [3.63, 3.8) is 0 Å². The van der Waals surface area contributed by atoms with E-state index >= 15 is 0 Å². The lowest BCUT2D eigenvalue weighted by atomic mass is 10.2. The van der Waals surface area contributed by atoms with Gasteiger partial charge in [-0.2, -0.15) is 0 Å². The quantitative estimate of drug-likeness (QED) is 0.825. The molecule has 0 aromatic carbocycles. The number of morpholine rings is 1. The highest BCUT2D eigenvalue weighted by atomic mass is 32.2. The van der Waals surface area contributed by atoms with Gasteiger partial charge in [0, 0.05) is 48.1 Å². The van der Waals surface area contributed by atoms with Gasteiger partial charge in [0.25, 0.3) is 0 Å². The van der Waals surface area contributed by atoms with Gasteiger partial charge in [-0.15, -0.1) is 23.1 Å². The number of carbonyl (C=O) groups is 1. The van der Waals surface area contributed by atoms with Crippen molar-refractivity contribution in [3.05, 3.63) is 21.9 Å². The Morgan fingerprint density at radius 2 is 2.09 bits per heavy atom. The lowest BCUT2D eigenvalue weighted by Gasteiger charge is -2.35. The van der Waals surface area contributed by atoms with Crippen molar-refractivity contribution in [2.75, 3.05) is 45.1 Å². The van der Waals surface area contributed by atoms with Gasteiger partial charge in [-0.05, 0) is 25.5 Å². The summed E-state index contributed by atoms with van der Waals surface area (Å²) in [6, 6.07) is 4.34. The van der Waals surface area contributed by atoms with Gasteiger partial charge < -0.3 is 9.64 Å². The van der Waals surface area contributed by atoms with E-state index in [1.54, 1.807) is 0 Å². The fourth-order valence-corrected chi connectivity index (χ4v) is 5.36. The zero-order valence-corrected chi connectivity index (χ0v) is 14.8. The number of rotatable bonds is 5. The van der Waals surface area contributed by atoms with E-state index in [-0.39, 0.29) is 5.37 Å². The zero-order chi connectivity index (χ0) is 15.4. The molecule has 2 fully saturated rings. The summed E-state index contributed by atoms with van der Waals surface area (Å²) in [5.74, 6) is 1.26. The van der Waals surface area contributed by atoms with Gasteiger partial charge in [0.15, 0.2) is 0 Å². The number of aryl methyl sites for hydroxylation is 1. The minimum atomic E-state index is 0.227. The molecule has 122 valence electrons. The third-order valence-corrected chi connectivity index (χ3v) is 6.64. The first-order valence-electron chi connectivity index (χ1n) is 8.01. The Morgan fingerprint density at radius 3 is 2.82 bits per heavy atom. The van der Waals surface area contributed by atoms with E-state index < -0.39 is 0 Å². The van der Waals surface area contributed by atoms with E-state index in [9.17, 15) is 4.79 Å². The molecular weight excluding hydrogens is 316 g/mol. The number of carbonyl (C=O) groups excluding carboxylic acids is 1. The molecule has 2 aliphatic rings. The molecule has 0 saturated carbocycles. The largest absolute Gasteiger partial charge is 0.379 e.